The average molecular weight is 548 g/mol. The number of imide groups is 1. The highest BCUT2D eigenvalue weighted by Crippen LogP contribution is 2.54. The zero-order valence-electron chi connectivity index (χ0n) is 22.7. The summed E-state index contributed by atoms with van der Waals surface area (Å²) in [5.74, 6) is -2.96. The van der Waals surface area contributed by atoms with Gasteiger partial charge in [-0.25, -0.2) is 4.90 Å². The van der Waals surface area contributed by atoms with Crippen LogP contribution in [0.2, 0.25) is 0 Å². The molecular weight excluding hydrogens is 518 g/mol. The van der Waals surface area contributed by atoms with Gasteiger partial charge in [0.25, 0.3) is 0 Å². The van der Waals surface area contributed by atoms with Crippen LogP contribution in [0.3, 0.4) is 0 Å². The number of carbonyl (C=O) groups is 4. The van der Waals surface area contributed by atoms with E-state index in [0.717, 1.165) is 28.5 Å². The van der Waals surface area contributed by atoms with E-state index in [1.165, 1.54) is 11.8 Å². The maximum absolute atomic E-state index is 14.3. The summed E-state index contributed by atoms with van der Waals surface area (Å²) in [4.78, 5) is 58.4. The van der Waals surface area contributed by atoms with Gasteiger partial charge >= 0.3 is 0 Å². The van der Waals surface area contributed by atoms with Crippen molar-refractivity contribution >= 4 is 51.6 Å². The van der Waals surface area contributed by atoms with Gasteiger partial charge in [-0.2, -0.15) is 0 Å². The second-order valence-electron chi connectivity index (χ2n) is 11.1. The number of nitrogens with zero attached hydrogens (tertiary/aromatic N) is 1. The van der Waals surface area contributed by atoms with Gasteiger partial charge < -0.3 is 15.6 Å². The summed E-state index contributed by atoms with van der Waals surface area (Å²) in [6.07, 6.45) is 3.16. The molecule has 4 amide bonds. The van der Waals surface area contributed by atoms with E-state index in [2.05, 4.69) is 20.9 Å². The van der Waals surface area contributed by atoms with Gasteiger partial charge in [-0.3, -0.25) is 24.5 Å². The molecule has 9 nitrogen and oxygen atoms in total. The molecule has 4 atom stereocenters. The SMILES string of the molecule is CCc1ccc2c(c1)[C@@]1(N[C@H](Cc3c[nH]c4ccccc34)[C@H]3C(=O)N(c4ccc(NC(C)=O)cc4)C(=O)[C@H]31)C(=O)N2. The lowest BCUT2D eigenvalue weighted by Gasteiger charge is -2.30. The molecule has 3 aromatic carbocycles. The fourth-order valence-corrected chi connectivity index (χ4v) is 6.93. The number of carbonyl (C=O) groups excluding carboxylic acids is 4. The molecule has 1 spiro atoms. The first-order chi connectivity index (χ1) is 19.8. The van der Waals surface area contributed by atoms with Crippen molar-refractivity contribution in [3.8, 4) is 0 Å². The molecule has 2 saturated heterocycles. The minimum absolute atomic E-state index is 0.217. The number of H-pyrrole nitrogens is 1. The van der Waals surface area contributed by atoms with Gasteiger partial charge in [0.1, 0.15) is 5.54 Å². The molecule has 206 valence electrons. The standard InChI is InChI=1S/C32H29N5O4/c1-3-18-8-13-25-23(14-18)32(31(41)35-25)28-27(26(36-32)15-19-16-33-24-7-5-4-6-22(19)24)29(39)37(30(28)40)21-11-9-20(10-12-21)34-17(2)38/h4-14,16,26-28,33,36H,3,15H2,1-2H3,(H,34,38)(H,35,41)/t26-,27-,28+,32+/m1/s1. The number of hydrogen-bond acceptors (Lipinski definition) is 5. The van der Waals surface area contributed by atoms with Crippen molar-refractivity contribution in [3.63, 3.8) is 0 Å². The Balaban J connectivity index is 1.34. The molecule has 0 aliphatic carbocycles. The lowest BCUT2D eigenvalue weighted by molar-refractivity contribution is -0.130. The first-order valence-electron chi connectivity index (χ1n) is 13.8. The fraction of sp³-hybridized carbons (Fsp3) is 0.250. The van der Waals surface area contributed by atoms with Crippen LogP contribution < -0.4 is 20.9 Å². The van der Waals surface area contributed by atoms with Crippen LogP contribution in [0.25, 0.3) is 10.9 Å². The number of fused-ring (bicyclic) bond motifs is 5. The predicted octanol–water partition coefficient (Wildman–Crippen LogP) is 3.86. The monoisotopic (exact) mass is 547 g/mol. The molecule has 3 aliphatic heterocycles. The molecule has 0 saturated carbocycles. The zero-order valence-corrected chi connectivity index (χ0v) is 22.7. The Bertz CT molecular complexity index is 1760. The fourth-order valence-electron chi connectivity index (χ4n) is 6.93. The number of aromatic amines is 1. The van der Waals surface area contributed by atoms with Crippen LogP contribution in [0.4, 0.5) is 17.1 Å². The molecule has 41 heavy (non-hydrogen) atoms. The Hall–Kier alpha value is -4.76. The molecule has 0 radical (unpaired) electrons. The topological polar surface area (TPSA) is 123 Å². The Kier molecular flexibility index (Phi) is 5.62. The number of amides is 4. The van der Waals surface area contributed by atoms with Crippen LogP contribution in [0.1, 0.15) is 30.5 Å². The van der Waals surface area contributed by atoms with Crippen molar-refractivity contribution in [1.82, 2.24) is 10.3 Å². The minimum atomic E-state index is -1.38. The van der Waals surface area contributed by atoms with E-state index >= 15 is 0 Å². The maximum Gasteiger partial charge on any atom is 0.250 e. The molecule has 4 aromatic rings. The van der Waals surface area contributed by atoms with Crippen molar-refractivity contribution in [2.75, 3.05) is 15.5 Å². The van der Waals surface area contributed by atoms with Gasteiger partial charge in [0.15, 0.2) is 0 Å². The summed E-state index contributed by atoms with van der Waals surface area (Å²) in [6.45, 7) is 3.46. The molecule has 0 bridgehead atoms. The Labute approximate surface area is 236 Å². The molecule has 4 N–H and O–H groups in total. The average Bonchev–Trinajstić information content (AvgIpc) is 3.67. The number of nitrogens with one attached hydrogen (secondary N) is 4. The van der Waals surface area contributed by atoms with Crippen molar-refractivity contribution in [1.29, 1.82) is 0 Å². The molecule has 9 heteroatoms. The number of anilines is 3. The molecular formula is C32H29N5O4. The number of benzene rings is 3. The highest BCUT2D eigenvalue weighted by atomic mass is 16.2. The number of rotatable bonds is 5. The second-order valence-corrected chi connectivity index (χ2v) is 11.1. The maximum atomic E-state index is 14.3. The van der Waals surface area contributed by atoms with Gasteiger partial charge in [-0.05, 0) is 60.4 Å². The van der Waals surface area contributed by atoms with Gasteiger partial charge in [0, 0.05) is 47.0 Å². The minimum Gasteiger partial charge on any atom is -0.361 e. The normalized spacial score (nSPS) is 24.7. The smallest absolute Gasteiger partial charge is 0.250 e. The van der Waals surface area contributed by atoms with Crippen LogP contribution in [0, 0.1) is 11.8 Å². The summed E-state index contributed by atoms with van der Waals surface area (Å²) >= 11 is 0. The number of hydrogen-bond donors (Lipinski definition) is 4. The van der Waals surface area contributed by atoms with Gasteiger partial charge in [0.2, 0.25) is 23.6 Å². The number of aryl methyl sites for hydroxylation is 1. The lowest BCUT2D eigenvalue weighted by atomic mass is 9.76. The van der Waals surface area contributed by atoms with Crippen LogP contribution >= 0.6 is 0 Å². The largest absolute Gasteiger partial charge is 0.361 e. The summed E-state index contributed by atoms with van der Waals surface area (Å²) in [5.41, 5.74) is 4.00. The van der Waals surface area contributed by atoms with Crippen molar-refractivity contribution in [3.05, 3.63) is 89.6 Å². The predicted molar refractivity (Wildman–Crippen MR) is 155 cm³/mol. The van der Waals surface area contributed by atoms with Gasteiger partial charge in [-0.15, -0.1) is 0 Å². The van der Waals surface area contributed by atoms with E-state index < -0.39 is 29.3 Å². The first-order valence-corrected chi connectivity index (χ1v) is 13.8. The van der Waals surface area contributed by atoms with Crippen molar-refractivity contribution in [2.45, 2.75) is 38.3 Å². The summed E-state index contributed by atoms with van der Waals surface area (Å²) in [5, 5.41) is 10.3. The third kappa shape index (κ3) is 3.65. The van der Waals surface area contributed by atoms with E-state index in [0.29, 0.717) is 29.0 Å². The van der Waals surface area contributed by atoms with Gasteiger partial charge in [0.05, 0.1) is 17.5 Å². The van der Waals surface area contributed by atoms with Crippen LogP contribution in [-0.4, -0.2) is 34.7 Å². The van der Waals surface area contributed by atoms with Crippen molar-refractivity contribution < 1.29 is 19.2 Å². The Morgan fingerprint density at radius 1 is 1.00 bits per heavy atom. The summed E-state index contributed by atoms with van der Waals surface area (Å²) in [7, 11) is 0. The number of aromatic nitrogens is 1. The zero-order chi connectivity index (χ0) is 28.5. The van der Waals surface area contributed by atoms with E-state index in [-0.39, 0.29) is 17.7 Å². The Morgan fingerprint density at radius 3 is 2.54 bits per heavy atom. The highest BCUT2D eigenvalue weighted by Gasteiger charge is 2.70. The molecule has 3 aliphatic rings. The molecule has 7 rings (SSSR count). The highest BCUT2D eigenvalue weighted by molar-refractivity contribution is 6.26. The summed E-state index contributed by atoms with van der Waals surface area (Å²) in [6, 6.07) is 19.9. The van der Waals surface area contributed by atoms with Crippen molar-refractivity contribution in [2.24, 2.45) is 11.8 Å². The van der Waals surface area contributed by atoms with E-state index in [9.17, 15) is 19.2 Å². The third-order valence-electron chi connectivity index (χ3n) is 8.75. The van der Waals surface area contributed by atoms with Crippen LogP contribution in [0.15, 0.2) is 72.9 Å². The van der Waals surface area contributed by atoms with E-state index in [1.54, 1.807) is 24.3 Å². The van der Waals surface area contributed by atoms with Crippen LogP contribution in [0.5, 0.6) is 0 Å². The molecule has 1 aromatic heterocycles. The van der Waals surface area contributed by atoms with Gasteiger partial charge in [-0.1, -0.05) is 37.3 Å². The van der Waals surface area contributed by atoms with E-state index in [4.69, 9.17) is 0 Å². The van der Waals surface area contributed by atoms with Crippen LogP contribution in [-0.2, 0) is 37.6 Å². The first kappa shape index (κ1) is 25.2. The quantitative estimate of drug-likeness (QED) is 0.283. The summed E-state index contributed by atoms with van der Waals surface area (Å²) < 4.78 is 0. The second kappa shape index (κ2) is 9.14. The third-order valence-corrected chi connectivity index (χ3v) is 8.75. The Morgan fingerprint density at radius 2 is 1.78 bits per heavy atom. The molecule has 2 fully saturated rings. The molecule has 0 unspecified atom stereocenters. The van der Waals surface area contributed by atoms with E-state index in [1.807, 2.05) is 55.6 Å². The number of para-hydroxylation sites is 1. The molecule has 4 heterocycles. The lowest BCUT2D eigenvalue weighted by Crippen LogP contribution is -2.53.